The van der Waals surface area contributed by atoms with Crippen molar-refractivity contribution in [2.24, 2.45) is 23.7 Å². The first-order valence-corrected chi connectivity index (χ1v) is 12.4. The van der Waals surface area contributed by atoms with E-state index in [9.17, 15) is 9.59 Å². The van der Waals surface area contributed by atoms with E-state index in [4.69, 9.17) is 24.0 Å². The number of fused-ring (bicyclic) bond motifs is 2. The Balaban J connectivity index is 1.20. The molecule has 6 rings (SSSR count). The first-order valence-electron chi connectivity index (χ1n) is 12.4. The Kier molecular flexibility index (Phi) is 6.39. The molecule has 34 heavy (non-hydrogen) atoms. The molecule has 5 fully saturated rings. The number of aromatic nitrogens is 1. The molecule has 9 nitrogen and oxygen atoms in total. The maximum Gasteiger partial charge on any atom is 0.308 e. The Morgan fingerprint density at radius 2 is 1.91 bits per heavy atom. The van der Waals surface area contributed by atoms with Crippen LogP contribution in [0.2, 0.25) is 0 Å². The van der Waals surface area contributed by atoms with Gasteiger partial charge < -0.3 is 19.5 Å². The summed E-state index contributed by atoms with van der Waals surface area (Å²) in [6, 6.07) is 3.66. The molecule has 0 radical (unpaired) electrons. The normalized spacial score (nSPS) is 40.7. The molecule has 5 heterocycles. The molecule has 0 aromatic carbocycles. The predicted molar refractivity (Wildman–Crippen MR) is 118 cm³/mol. The molecule has 1 aromatic rings. The van der Waals surface area contributed by atoms with Crippen molar-refractivity contribution in [1.82, 2.24) is 10.3 Å². The van der Waals surface area contributed by atoms with Gasteiger partial charge in [0.15, 0.2) is 11.9 Å². The topological polar surface area (TPSA) is 105 Å². The van der Waals surface area contributed by atoms with E-state index in [1.807, 2.05) is 26.0 Å². The number of nitrogens with zero attached hydrogens (tertiary/aromatic N) is 1. The molecule has 4 saturated heterocycles. The van der Waals surface area contributed by atoms with Crippen molar-refractivity contribution in [3.8, 4) is 0 Å². The average molecular weight is 475 g/mol. The Labute approximate surface area is 199 Å². The van der Waals surface area contributed by atoms with Gasteiger partial charge in [-0.1, -0.05) is 13.8 Å². The lowest BCUT2D eigenvalue weighted by atomic mass is 9.58. The van der Waals surface area contributed by atoms with E-state index in [0.717, 1.165) is 31.2 Å². The maximum absolute atomic E-state index is 12.6. The lowest BCUT2D eigenvalue weighted by Crippen LogP contribution is -2.70. The fourth-order valence-corrected chi connectivity index (χ4v) is 6.20. The van der Waals surface area contributed by atoms with Crippen LogP contribution in [0.3, 0.4) is 0 Å². The lowest BCUT2D eigenvalue weighted by molar-refractivity contribution is -0.576. The third-order valence-electron chi connectivity index (χ3n) is 8.14. The van der Waals surface area contributed by atoms with Crippen LogP contribution < -0.4 is 5.32 Å². The molecule has 1 N–H and O–H groups in total. The second-order valence-electron chi connectivity index (χ2n) is 10.4. The summed E-state index contributed by atoms with van der Waals surface area (Å²) in [5, 5.41) is 2.81. The Morgan fingerprint density at radius 3 is 2.71 bits per heavy atom. The van der Waals surface area contributed by atoms with Crippen molar-refractivity contribution < 1.29 is 33.6 Å². The third kappa shape index (κ3) is 4.23. The van der Waals surface area contributed by atoms with Crippen LogP contribution in [0.5, 0.6) is 0 Å². The molecule has 8 atom stereocenters. The summed E-state index contributed by atoms with van der Waals surface area (Å²) in [6.45, 7) is 6.55. The number of rotatable bonds is 6. The number of carbonyl (C=O) groups excluding carboxylic acids is 2. The Bertz CT molecular complexity index is 914. The largest absolute Gasteiger partial charge is 0.435 e. The first kappa shape index (κ1) is 23.7. The highest BCUT2D eigenvalue weighted by Gasteiger charge is 2.69. The van der Waals surface area contributed by atoms with Gasteiger partial charge in [-0.15, -0.1) is 0 Å². The van der Waals surface area contributed by atoms with E-state index in [1.165, 1.54) is 0 Å². The van der Waals surface area contributed by atoms with Gasteiger partial charge in [-0.3, -0.25) is 14.6 Å². The number of pyridine rings is 1. The molecular weight excluding hydrogens is 440 g/mol. The molecular formula is C25H34N2O7. The summed E-state index contributed by atoms with van der Waals surface area (Å²) in [7, 11) is 0. The zero-order valence-corrected chi connectivity index (χ0v) is 20.0. The highest BCUT2D eigenvalue weighted by Crippen LogP contribution is 2.60. The highest BCUT2D eigenvalue weighted by molar-refractivity contribution is 5.81. The highest BCUT2D eigenvalue weighted by atomic mass is 17.3. The first-order chi connectivity index (χ1) is 16.3. The zero-order valence-electron chi connectivity index (χ0n) is 20.0. The van der Waals surface area contributed by atoms with Crippen molar-refractivity contribution >= 4 is 11.9 Å². The van der Waals surface area contributed by atoms with Crippen LogP contribution in [-0.4, -0.2) is 40.8 Å². The van der Waals surface area contributed by atoms with Gasteiger partial charge in [-0.25, -0.2) is 9.78 Å². The van der Waals surface area contributed by atoms with Crippen LogP contribution >= 0.6 is 0 Å². The smallest absolute Gasteiger partial charge is 0.308 e. The molecule has 4 aliphatic heterocycles. The number of hydrogen-bond acceptors (Lipinski definition) is 8. The van der Waals surface area contributed by atoms with E-state index in [1.54, 1.807) is 12.4 Å². The second-order valence-corrected chi connectivity index (χ2v) is 10.4. The quantitative estimate of drug-likeness (QED) is 0.495. The summed E-state index contributed by atoms with van der Waals surface area (Å²) in [5.74, 6) is -0.843. The van der Waals surface area contributed by atoms with E-state index in [2.05, 4.69) is 17.2 Å². The van der Waals surface area contributed by atoms with E-state index < -0.39 is 29.9 Å². The summed E-state index contributed by atoms with van der Waals surface area (Å²) in [4.78, 5) is 40.7. The second kappa shape index (κ2) is 9.18. The Morgan fingerprint density at radius 1 is 1.12 bits per heavy atom. The monoisotopic (exact) mass is 474 g/mol. The van der Waals surface area contributed by atoms with E-state index >= 15 is 0 Å². The molecule has 186 valence electrons. The number of carbonyl (C=O) groups is 2. The molecule has 0 unspecified atom stereocenters. The van der Waals surface area contributed by atoms with Crippen LogP contribution in [0.1, 0.15) is 64.9 Å². The minimum atomic E-state index is -0.875. The van der Waals surface area contributed by atoms with Crippen molar-refractivity contribution in [2.75, 3.05) is 0 Å². The third-order valence-corrected chi connectivity index (χ3v) is 8.14. The SMILES string of the molecule is C[C@H]1[C@H](OC(=O)CCC(=O)NCc2ccncc2)O[C@@H]2O[C@@]3(C)CC[C@H]4[C@H](C)CC[C@@H]1[C@]24OO3. The molecule has 1 saturated carbocycles. The van der Waals surface area contributed by atoms with Crippen LogP contribution in [0.4, 0.5) is 0 Å². The van der Waals surface area contributed by atoms with Gasteiger partial charge in [0.25, 0.3) is 0 Å². The van der Waals surface area contributed by atoms with Gasteiger partial charge in [0, 0.05) is 43.6 Å². The summed E-state index contributed by atoms with van der Waals surface area (Å²) >= 11 is 0. The standard InChI is InChI=1S/C25H34N2O7/c1-15-4-5-19-16(2)22(31-23-25(19)18(15)8-11-24(3,32-23)33-34-25)30-21(29)7-6-20(28)27-14-17-9-12-26-13-10-17/h9-10,12-13,15-16,18-19,22-23H,4-8,11,14H2,1-3H3,(H,27,28)/t15-,16-,18+,19+,22-,23-,24-,25+/m1/s1. The van der Waals surface area contributed by atoms with Gasteiger partial charge >= 0.3 is 5.97 Å². The van der Waals surface area contributed by atoms with Crippen LogP contribution in [0.25, 0.3) is 0 Å². The summed E-state index contributed by atoms with van der Waals surface area (Å²) < 4.78 is 18.3. The number of nitrogens with one attached hydrogen (secondary N) is 1. The van der Waals surface area contributed by atoms with Gasteiger partial charge in [-0.2, -0.15) is 0 Å². The molecule has 9 heteroatoms. The molecule has 1 amide bonds. The average Bonchev–Trinajstić information content (AvgIpc) is 3.06. The number of hydrogen-bond donors (Lipinski definition) is 1. The Hall–Kier alpha value is -2.07. The van der Waals surface area contributed by atoms with Crippen molar-refractivity contribution in [3.63, 3.8) is 0 Å². The summed E-state index contributed by atoms with van der Waals surface area (Å²) in [6.07, 6.45) is 5.62. The minimum Gasteiger partial charge on any atom is -0.435 e. The van der Waals surface area contributed by atoms with E-state index in [-0.39, 0.29) is 36.5 Å². The van der Waals surface area contributed by atoms with Crippen molar-refractivity contribution in [1.29, 1.82) is 0 Å². The van der Waals surface area contributed by atoms with Crippen LogP contribution in [-0.2, 0) is 40.1 Å². The minimum absolute atomic E-state index is 0.0208. The van der Waals surface area contributed by atoms with Gasteiger partial charge in [-0.05, 0) is 55.7 Å². The molecule has 1 aliphatic carbocycles. The zero-order chi connectivity index (χ0) is 23.9. The number of ether oxygens (including phenoxy) is 3. The molecule has 5 aliphatic rings. The summed E-state index contributed by atoms with van der Waals surface area (Å²) in [5.41, 5.74) is 0.255. The molecule has 1 aromatic heterocycles. The fraction of sp³-hybridized carbons (Fsp3) is 0.720. The fourth-order valence-electron chi connectivity index (χ4n) is 6.20. The van der Waals surface area contributed by atoms with E-state index in [0.29, 0.717) is 12.5 Å². The number of esters is 1. The van der Waals surface area contributed by atoms with Crippen LogP contribution in [0.15, 0.2) is 24.5 Å². The van der Waals surface area contributed by atoms with Gasteiger partial charge in [0.05, 0.1) is 6.42 Å². The van der Waals surface area contributed by atoms with Gasteiger partial charge in [0.1, 0.15) is 0 Å². The molecule has 2 bridgehead atoms. The predicted octanol–water partition coefficient (Wildman–Crippen LogP) is 3.23. The molecule has 1 spiro atoms. The number of amides is 1. The van der Waals surface area contributed by atoms with Crippen LogP contribution in [0, 0.1) is 23.7 Å². The maximum atomic E-state index is 12.6. The van der Waals surface area contributed by atoms with Gasteiger partial charge in [0.2, 0.25) is 18.0 Å². The van der Waals surface area contributed by atoms with Crippen molar-refractivity contribution in [3.05, 3.63) is 30.1 Å². The lowest BCUT2D eigenvalue weighted by Gasteiger charge is -2.59. The van der Waals surface area contributed by atoms with Crippen molar-refractivity contribution in [2.45, 2.75) is 89.8 Å².